The summed E-state index contributed by atoms with van der Waals surface area (Å²) in [7, 11) is 0. The highest BCUT2D eigenvalue weighted by atomic mass is 16.3. The highest BCUT2D eigenvalue weighted by molar-refractivity contribution is 5.80. The third kappa shape index (κ3) is 4.87. The molecule has 0 aliphatic rings. The molecule has 0 radical (unpaired) electrons. The number of aromatic amines is 1. The molecule has 5 rings (SSSR count). The average molecular weight is 487 g/mol. The highest BCUT2D eigenvalue weighted by Crippen LogP contribution is 2.30. The SMILES string of the molecule is Cc1cc2cc(CN(Cc3ccco3)[C@H](c3nnnn3Cc3ccco3)C(C)C)c(=O)[nH]c2cc1C. The van der Waals surface area contributed by atoms with Gasteiger partial charge in [0.2, 0.25) is 0 Å². The summed E-state index contributed by atoms with van der Waals surface area (Å²) in [6.07, 6.45) is 3.30. The molecule has 0 fully saturated rings. The molecule has 0 saturated carbocycles. The van der Waals surface area contributed by atoms with Crippen LogP contribution in [0, 0.1) is 19.8 Å². The lowest BCUT2D eigenvalue weighted by atomic mass is 9.99. The minimum atomic E-state index is -0.185. The molecule has 0 spiro atoms. The molecule has 0 unspecified atom stereocenters. The number of nitrogens with zero attached hydrogens (tertiary/aromatic N) is 5. The Morgan fingerprint density at radius 3 is 2.42 bits per heavy atom. The number of fused-ring (bicyclic) bond motifs is 1. The van der Waals surface area contributed by atoms with Gasteiger partial charge in [0.15, 0.2) is 5.82 Å². The van der Waals surface area contributed by atoms with Crippen molar-refractivity contribution in [1.82, 2.24) is 30.1 Å². The molecule has 4 heterocycles. The molecule has 1 N–H and O–H groups in total. The lowest BCUT2D eigenvalue weighted by Gasteiger charge is -2.32. The van der Waals surface area contributed by atoms with Gasteiger partial charge in [-0.2, -0.15) is 0 Å². The molecule has 9 nitrogen and oxygen atoms in total. The zero-order valence-corrected chi connectivity index (χ0v) is 20.9. The summed E-state index contributed by atoms with van der Waals surface area (Å²) in [5.41, 5.74) is 3.74. The van der Waals surface area contributed by atoms with Crippen molar-refractivity contribution in [1.29, 1.82) is 0 Å². The predicted octanol–water partition coefficient (Wildman–Crippen LogP) is 4.77. The molecule has 4 aromatic heterocycles. The largest absolute Gasteiger partial charge is 0.468 e. The van der Waals surface area contributed by atoms with E-state index in [-0.39, 0.29) is 17.5 Å². The quantitative estimate of drug-likeness (QED) is 0.320. The van der Waals surface area contributed by atoms with Gasteiger partial charge in [0, 0.05) is 17.6 Å². The number of hydrogen-bond acceptors (Lipinski definition) is 7. The fourth-order valence-electron chi connectivity index (χ4n) is 4.68. The minimum absolute atomic E-state index is 0.104. The van der Waals surface area contributed by atoms with Crippen molar-refractivity contribution in [3.8, 4) is 0 Å². The lowest BCUT2D eigenvalue weighted by molar-refractivity contribution is 0.116. The summed E-state index contributed by atoms with van der Waals surface area (Å²) >= 11 is 0. The summed E-state index contributed by atoms with van der Waals surface area (Å²) < 4.78 is 13.0. The smallest absolute Gasteiger partial charge is 0.252 e. The number of nitrogens with one attached hydrogen (secondary N) is 1. The van der Waals surface area contributed by atoms with Gasteiger partial charge in [-0.15, -0.1) is 5.10 Å². The van der Waals surface area contributed by atoms with Gasteiger partial charge < -0.3 is 13.8 Å². The first-order valence-corrected chi connectivity index (χ1v) is 12.1. The molecule has 36 heavy (non-hydrogen) atoms. The van der Waals surface area contributed by atoms with Gasteiger partial charge >= 0.3 is 0 Å². The third-order valence-corrected chi connectivity index (χ3v) is 6.58. The van der Waals surface area contributed by atoms with Crippen molar-refractivity contribution < 1.29 is 8.83 Å². The Hall–Kier alpha value is -3.98. The first kappa shape index (κ1) is 23.7. The maximum absolute atomic E-state index is 13.2. The Kier molecular flexibility index (Phi) is 6.56. The number of tetrazole rings is 1. The normalized spacial score (nSPS) is 12.7. The van der Waals surface area contributed by atoms with Crippen molar-refractivity contribution in [2.75, 3.05) is 0 Å². The van der Waals surface area contributed by atoms with Crippen LogP contribution in [-0.2, 0) is 19.6 Å². The Labute approximate surface area is 208 Å². The molecule has 0 aliphatic heterocycles. The number of rotatable bonds is 9. The van der Waals surface area contributed by atoms with E-state index < -0.39 is 0 Å². The number of aromatic nitrogens is 5. The maximum atomic E-state index is 13.2. The topological polar surface area (TPSA) is 106 Å². The Morgan fingerprint density at radius 2 is 1.72 bits per heavy atom. The molecule has 0 saturated heterocycles. The number of furan rings is 2. The van der Waals surface area contributed by atoms with Crippen LogP contribution < -0.4 is 5.56 Å². The van der Waals surface area contributed by atoms with Crippen molar-refractivity contribution >= 4 is 10.9 Å². The van der Waals surface area contributed by atoms with Crippen LogP contribution in [0.25, 0.3) is 10.9 Å². The molecule has 0 aliphatic carbocycles. The van der Waals surface area contributed by atoms with Crippen LogP contribution in [-0.4, -0.2) is 30.1 Å². The number of pyridine rings is 1. The van der Waals surface area contributed by atoms with Crippen LogP contribution in [0.5, 0.6) is 0 Å². The number of H-pyrrole nitrogens is 1. The monoisotopic (exact) mass is 486 g/mol. The van der Waals surface area contributed by atoms with Gasteiger partial charge in [0.1, 0.15) is 18.1 Å². The van der Waals surface area contributed by atoms with Gasteiger partial charge in [-0.05, 0) is 89.2 Å². The fraction of sp³-hybridized carbons (Fsp3) is 0.333. The molecule has 0 bridgehead atoms. The van der Waals surface area contributed by atoms with Crippen LogP contribution >= 0.6 is 0 Å². The van der Waals surface area contributed by atoms with E-state index in [4.69, 9.17) is 8.83 Å². The van der Waals surface area contributed by atoms with Gasteiger partial charge in [-0.3, -0.25) is 9.69 Å². The summed E-state index contributed by atoms with van der Waals surface area (Å²) in [5, 5.41) is 13.6. The van der Waals surface area contributed by atoms with Gasteiger partial charge in [-0.1, -0.05) is 13.8 Å². The van der Waals surface area contributed by atoms with E-state index in [9.17, 15) is 4.79 Å². The van der Waals surface area contributed by atoms with E-state index in [1.165, 1.54) is 5.56 Å². The number of aryl methyl sites for hydroxylation is 2. The number of benzene rings is 1. The second-order valence-corrected chi connectivity index (χ2v) is 9.59. The fourth-order valence-corrected chi connectivity index (χ4v) is 4.68. The summed E-state index contributed by atoms with van der Waals surface area (Å²) in [6.45, 7) is 9.69. The van der Waals surface area contributed by atoms with E-state index in [2.05, 4.69) is 52.2 Å². The zero-order chi connectivity index (χ0) is 25.2. The first-order chi connectivity index (χ1) is 17.4. The molecule has 1 aromatic carbocycles. The third-order valence-electron chi connectivity index (χ3n) is 6.58. The minimum Gasteiger partial charge on any atom is -0.468 e. The standard InChI is InChI=1S/C27H30N6O3/c1-17(2)25(26-29-30-31-33(26)16-23-8-6-10-36-23)32(15-22-7-5-9-35-22)14-21-13-20-11-18(3)19(4)12-24(20)28-27(21)34/h5-13,17,25H,14-16H2,1-4H3,(H,28,34)/t25-/m0/s1. The first-order valence-electron chi connectivity index (χ1n) is 12.1. The summed E-state index contributed by atoms with van der Waals surface area (Å²) in [5.74, 6) is 2.41. The predicted molar refractivity (Wildman–Crippen MR) is 135 cm³/mol. The Bertz CT molecular complexity index is 1500. The highest BCUT2D eigenvalue weighted by Gasteiger charge is 2.31. The molecule has 5 aromatic rings. The molecule has 1 atom stereocenters. The second-order valence-electron chi connectivity index (χ2n) is 9.59. The van der Waals surface area contributed by atoms with E-state index in [1.807, 2.05) is 43.3 Å². The van der Waals surface area contributed by atoms with Crippen LogP contribution in [0.1, 0.15) is 53.9 Å². The van der Waals surface area contributed by atoms with Gasteiger partial charge in [0.05, 0.1) is 25.1 Å². The Balaban J connectivity index is 1.55. The molecular weight excluding hydrogens is 456 g/mol. The molecule has 186 valence electrons. The zero-order valence-electron chi connectivity index (χ0n) is 20.9. The maximum Gasteiger partial charge on any atom is 0.252 e. The average Bonchev–Trinajstić information content (AvgIpc) is 3.61. The summed E-state index contributed by atoms with van der Waals surface area (Å²) in [6, 6.07) is 13.5. The van der Waals surface area contributed by atoms with Crippen LogP contribution in [0.4, 0.5) is 0 Å². The molecule has 0 amide bonds. The van der Waals surface area contributed by atoms with Gasteiger partial charge in [0.25, 0.3) is 5.56 Å². The van der Waals surface area contributed by atoms with E-state index in [0.717, 1.165) is 28.0 Å². The molecular formula is C27H30N6O3. The van der Waals surface area contributed by atoms with Gasteiger partial charge in [-0.25, -0.2) is 4.68 Å². The second kappa shape index (κ2) is 9.94. The van der Waals surface area contributed by atoms with Crippen molar-refractivity contribution in [3.63, 3.8) is 0 Å². The van der Waals surface area contributed by atoms with Crippen molar-refractivity contribution in [2.24, 2.45) is 5.92 Å². The van der Waals surface area contributed by atoms with Crippen LogP contribution in [0.2, 0.25) is 0 Å². The van der Waals surface area contributed by atoms with E-state index >= 15 is 0 Å². The van der Waals surface area contributed by atoms with Crippen LogP contribution in [0.3, 0.4) is 0 Å². The number of hydrogen-bond donors (Lipinski definition) is 1. The van der Waals surface area contributed by atoms with Crippen LogP contribution in [0.15, 0.2) is 68.6 Å². The summed E-state index contributed by atoms with van der Waals surface area (Å²) in [4.78, 5) is 18.4. The van der Waals surface area contributed by atoms with E-state index in [0.29, 0.717) is 31.0 Å². The Morgan fingerprint density at radius 1 is 1.00 bits per heavy atom. The lowest BCUT2D eigenvalue weighted by Crippen LogP contribution is -2.35. The van der Waals surface area contributed by atoms with Crippen molar-refractivity contribution in [2.45, 2.75) is 53.4 Å². The van der Waals surface area contributed by atoms with E-state index in [1.54, 1.807) is 17.2 Å². The van der Waals surface area contributed by atoms with Crippen molar-refractivity contribution in [3.05, 3.63) is 99.4 Å². The molecule has 9 heteroatoms.